The lowest BCUT2D eigenvalue weighted by atomic mass is 9.87. The van der Waals surface area contributed by atoms with Crippen LogP contribution in [0.3, 0.4) is 0 Å². The average Bonchev–Trinajstić information content (AvgIpc) is 2.46. The second-order valence-electron chi connectivity index (χ2n) is 7.07. The van der Waals surface area contributed by atoms with E-state index >= 15 is 0 Å². The number of nitrogens with two attached hydrogens (primary N) is 1. The second kappa shape index (κ2) is 9.82. The standard InChI is InChI=1S/C17H33N3O2/c1-12(2)9-15(11-18)20-17(22)13(3)19-16(21)10-14-7-5-4-6-8-14/h12-15H,4-11,18H2,1-3H3,(H,19,21)(H,20,22). The molecule has 4 N–H and O–H groups in total. The highest BCUT2D eigenvalue weighted by Gasteiger charge is 2.22. The largest absolute Gasteiger partial charge is 0.350 e. The van der Waals surface area contributed by atoms with E-state index in [2.05, 4.69) is 24.5 Å². The highest BCUT2D eigenvalue weighted by molar-refractivity contribution is 5.87. The van der Waals surface area contributed by atoms with Gasteiger partial charge in [0.05, 0.1) is 0 Å². The van der Waals surface area contributed by atoms with Gasteiger partial charge in [0.2, 0.25) is 11.8 Å². The molecule has 1 saturated carbocycles. The summed E-state index contributed by atoms with van der Waals surface area (Å²) in [6.45, 7) is 6.36. The van der Waals surface area contributed by atoms with Crippen LogP contribution in [-0.4, -0.2) is 30.4 Å². The highest BCUT2D eigenvalue weighted by Crippen LogP contribution is 2.26. The second-order valence-corrected chi connectivity index (χ2v) is 7.07. The fourth-order valence-electron chi connectivity index (χ4n) is 3.13. The van der Waals surface area contributed by atoms with Crippen LogP contribution < -0.4 is 16.4 Å². The Hall–Kier alpha value is -1.10. The quantitative estimate of drug-likeness (QED) is 0.640. The lowest BCUT2D eigenvalue weighted by molar-refractivity contribution is -0.129. The Morgan fingerprint density at radius 3 is 2.27 bits per heavy atom. The first kappa shape index (κ1) is 18.9. The van der Waals surface area contributed by atoms with E-state index in [1.165, 1.54) is 19.3 Å². The van der Waals surface area contributed by atoms with Crippen LogP contribution in [-0.2, 0) is 9.59 Å². The predicted octanol–water partition coefficient (Wildman–Crippen LogP) is 1.95. The molecule has 5 nitrogen and oxygen atoms in total. The summed E-state index contributed by atoms with van der Waals surface area (Å²) in [4.78, 5) is 24.2. The van der Waals surface area contributed by atoms with Gasteiger partial charge >= 0.3 is 0 Å². The van der Waals surface area contributed by atoms with Gasteiger partial charge in [0.15, 0.2) is 0 Å². The first-order valence-electron chi connectivity index (χ1n) is 8.72. The summed E-state index contributed by atoms with van der Waals surface area (Å²) in [6, 6.07) is -0.525. The smallest absolute Gasteiger partial charge is 0.242 e. The fraction of sp³-hybridized carbons (Fsp3) is 0.882. The molecule has 1 aliphatic carbocycles. The number of carbonyl (C=O) groups excluding carboxylic acids is 2. The van der Waals surface area contributed by atoms with Gasteiger partial charge in [-0.1, -0.05) is 33.1 Å². The van der Waals surface area contributed by atoms with Crippen LogP contribution in [0.2, 0.25) is 0 Å². The number of hydrogen-bond donors (Lipinski definition) is 3. The third kappa shape index (κ3) is 7.25. The van der Waals surface area contributed by atoms with Crippen molar-refractivity contribution in [1.29, 1.82) is 0 Å². The zero-order valence-corrected chi connectivity index (χ0v) is 14.4. The summed E-state index contributed by atoms with van der Waals surface area (Å²) in [5, 5.41) is 5.75. The van der Waals surface area contributed by atoms with Crippen LogP contribution in [0.1, 0.15) is 65.7 Å². The van der Waals surface area contributed by atoms with Gasteiger partial charge in [0.25, 0.3) is 0 Å². The van der Waals surface area contributed by atoms with Gasteiger partial charge in [-0.2, -0.15) is 0 Å². The summed E-state index contributed by atoms with van der Waals surface area (Å²) in [5.41, 5.74) is 5.69. The van der Waals surface area contributed by atoms with E-state index in [0.717, 1.165) is 19.3 Å². The Bertz CT molecular complexity index is 352. The van der Waals surface area contributed by atoms with Crippen LogP contribution >= 0.6 is 0 Å². The average molecular weight is 311 g/mol. The van der Waals surface area contributed by atoms with Crippen molar-refractivity contribution in [3.05, 3.63) is 0 Å². The van der Waals surface area contributed by atoms with Crippen LogP contribution in [0.5, 0.6) is 0 Å². The Kier molecular flexibility index (Phi) is 8.46. The van der Waals surface area contributed by atoms with Gasteiger partial charge in [-0.3, -0.25) is 9.59 Å². The molecule has 2 amide bonds. The monoisotopic (exact) mass is 311 g/mol. The van der Waals surface area contributed by atoms with Crippen molar-refractivity contribution >= 4 is 11.8 Å². The van der Waals surface area contributed by atoms with E-state index < -0.39 is 6.04 Å². The summed E-state index contributed by atoms with van der Waals surface area (Å²) >= 11 is 0. The molecule has 0 heterocycles. The maximum Gasteiger partial charge on any atom is 0.242 e. The number of rotatable bonds is 8. The van der Waals surface area contributed by atoms with Gasteiger partial charge in [0.1, 0.15) is 6.04 Å². The van der Waals surface area contributed by atoms with Crippen molar-refractivity contribution < 1.29 is 9.59 Å². The Labute approximate surface area is 134 Å². The summed E-state index contributed by atoms with van der Waals surface area (Å²) < 4.78 is 0. The van der Waals surface area contributed by atoms with E-state index in [4.69, 9.17) is 5.73 Å². The molecule has 0 saturated heterocycles. The van der Waals surface area contributed by atoms with Gasteiger partial charge in [-0.25, -0.2) is 0 Å². The molecule has 1 rings (SSSR count). The lowest BCUT2D eigenvalue weighted by Crippen LogP contribution is -2.50. The molecule has 0 bridgehead atoms. The van der Waals surface area contributed by atoms with Crippen LogP contribution in [0.15, 0.2) is 0 Å². The number of carbonyl (C=O) groups is 2. The molecule has 0 radical (unpaired) electrons. The molecular weight excluding hydrogens is 278 g/mol. The SMILES string of the molecule is CC(C)CC(CN)NC(=O)C(C)NC(=O)CC1CCCCC1. The maximum atomic E-state index is 12.1. The van der Waals surface area contributed by atoms with Gasteiger partial charge in [0, 0.05) is 19.0 Å². The van der Waals surface area contributed by atoms with E-state index in [1.807, 2.05) is 0 Å². The van der Waals surface area contributed by atoms with Gasteiger partial charge in [-0.15, -0.1) is 0 Å². The van der Waals surface area contributed by atoms with Crippen LogP contribution in [0.4, 0.5) is 0 Å². The van der Waals surface area contributed by atoms with Crippen molar-refractivity contribution in [2.45, 2.75) is 77.8 Å². The number of amides is 2. The molecule has 0 aromatic heterocycles. The van der Waals surface area contributed by atoms with Crippen LogP contribution in [0, 0.1) is 11.8 Å². The minimum Gasteiger partial charge on any atom is -0.350 e. The Morgan fingerprint density at radius 1 is 1.09 bits per heavy atom. The predicted molar refractivity (Wildman–Crippen MR) is 89.2 cm³/mol. The number of hydrogen-bond acceptors (Lipinski definition) is 3. The van der Waals surface area contributed by atoms with Crippen LogP contribution in [0.25, 0.3) is 0 Å². The third-order valence-corrected chi connectivity index (χ3v) is 4.36. The molecule has 0 aromatic rings. The van der Waals surface area contributed by atoms with Gasteiger partial charge < -0.3 is 16.4 Å². The molecular formula is C17H33N3O2. The molecule has 22 heavy (non-hydrogen) atoms. The first-order valence-corrected chi connectivity index (χ1v) is 8.72. The fourth-order valence-corrected chi connectivity index (χ4v) is 3.13. The highest BCUT2D eigenvalue weighted by atomic mass is 16.2. The Balaban J connectivity index is 2.34. The summed E-state index contributed by atoms with van der Waals surface area (Å²) in [7, 11) is 0. The van der Waals surface area contributed by atoms with Crippen molar-refractivity contribution in [1.82, 2.24) is 10.6 Å². The third-order valence-electron chi connectivity index (χ3n) is 4.36. The molecule has 0 aliphatic heterocycles. The molecule has 1 fully saturated rings. The molecule has 0 spiro atoms. The molecule has 2 unspecified atom stereocenters. The Morgan fingerprint density at radius 2 is 1.73 bits per heavy atom. The zero-order chi connectivity index (χ0) is 16.5. The summed E-state index contributed by atoms with van der Waals surface area (Å²) in [6.07, 6.45) is 7.40. The van der Waals surface area contributed by atoms with Crippen molar-refractivity contribution in [3.8, 4) is 0 Å². The van der Waals surface area contributed by atoms with E-state index in [0.29, 0.717) is 24.8 Å². The lowest BCUT2D eigenvalue weighted by Gasteiger charge is -2.23. The first-order chi connectivity index (χ1) is 10.4. The molecule has 1 aliphatic rings. The van der Waals surface area contributed by atoms with Crippen molar-refractivity contribution in [2.24, 2.45) is 17.6 Å². The van der Waals surface area contributed by atoms with Crippen molar-refractivity contribution in [3.63, 3.8) is 0 Å². The molecule has 5 heteroatoms. The maximum absolute atomic E-state index is 12.1. The minimum absolute atomic E-state index is 0.0114. The van der Waals surface area contributed by atoms with Gasteiger partial charge in [-0.05, 0) is 38.0 Å². The minimum atomic E-state index is -0.502. The van der Waals surface area contributed by atoms with Crippen molar-refractivity contribution in [2.75, 3.05) is 6.54 Å². The van der Waals surface area contributed by atoms with E-state index in [9.17, 15) is 9.59 Å². The van der Waals surface area contributed by atoms with E-state index in [1.54, 1.807) is 6.92 Å². The topological polar surface area (TPSA) is 84.2 Å². The zero-order valence-electron chi connectivity index (χ0n) is 14.4. The molecule has 128 valence electrons. The number of nitrogens with one attached hydrogen (secondary N) is 2. The normalized spacial score (nSPS) is 18.8. The summed E-state index contributed by atoms with van der Waals surface area (Å²) in [5.74, 6) is 0.808. The molecule has 0 aromatic carbocycles. The van der Waals surface area contributed by atoms with E-state index in [-0.39, 0.29) is 17.9 Å². The molecule has 2 atom stereocenters.